The molecule has 1 aromatic heterocycles. The van der Waals surface area contributed by atoms with Crippen molar-refractivity contribution in [1.29, 1.82) is 0 Å². The molecular formula is C25H30N2O3S. The molecule has 1 aliphatic rings. The predicted molar refractivity (Wildman–Crippen MR) is 124 cm³/mol. The van der Waals surface area contributed by atoms with Crippen LogP contribution in [0, 0.1) is 6.92 Å². The van der Waals surface area contributed by atoms with Crippen LogP contribution in [0.1, 0.15) is 37.6 Å². The van der Waals surface area contributed by atoms with Gasteiger partial charge >= 0.3 is 0 Å². The Kier molecular flexibility index (Phi) is 6.30. The molecule has 1 atom stereocenters. The van der Waals surface area contributed by atoms with Crippen LogP contribution in [-0.2, 0) is 16.3 Å². The summed E-state index contributed by atoms with van der Waals surface area (Å²) in [5.41, 5.74) is 3.98. The fourth-order valence-corrected chi connectivity index (χ4v) is 4.89. The molecule has 0 bridgehead atoms. The highest BCUT2D eigenvalue weighted by Gasteiger charge is 2.20. The van der Waals surface area contributed by atoms with Crippen LogP contribution in [-0.4, -0.2) is 43.7 Å². The summed E-state index contributed by atoms with van der Waals surface area (Å²) in [6.45, 7) is 6.64. The maximum Gasteiger partial charge on any atom is 0.226 e. The third-order valence-corrected chi connectivity index (χ3v) is 7.32. The molecule has 1 aliphatic heterocycles. The van der Waals surface area contributed by atoms with Crippen molar-refractivity contribution in [3.63, 3.8) is 0 Å². The Hall–Kier alpha value is -2.44. The largest absolute Gasteiger partial charge is 0.441 e. The van der Waals surface area contributed by atoms with Gasteiger partial charge in [0.15, 0.2) is 9.84 Å². The molecule has 1 saturated heterocycles. The Morgan fingerprint density at radius 1 is 1.03 bits per heavy atom. The molecule has 0 aliphatic carbocycles. The maximum atomic E-state index is 11.6. The van der Waals surface area contributed by atoms with E-state index in [1.807, 2.05) is 43.3 Å². The van der Waals surface area contributed by atoms with Gasteiger partial charge in [0.2, 0.25) is 5.89 Å². The van der Waals surface area contributed by atoms with Gasteiger partial charge in [0.1, 0.15) is 5.76 Å². The van der Waals surface area contributed by atoms with E-state index in [-0.39, 0.29) is 0 Å². The third-order valence-electron chi connectivity index (χ3n) is 6.19. The lowest BCUT2D eigenvalue weighted by Crippen LogP contribution is -2.28. The van der Waals surface area contributed by atoms with Crippen LogP contribution in [0.15, 0.2) is 57.8 Å². The third kappa shape index (κ3) is 5.08. The summed E-state index contributed by atoms with van der Waals surface area (Å²) >= 11 is 0. The minimum atomic E-state index is -3.18. The highest BCUT2D eigenvalue weighted by molar-refractivity contribution is 7.90. The van der Waals surface area contributed by atoms with Crippen LogP contribution in [0.2, 0.25) is 0 Å². The second-order valence-electron chi connectivity index (χ2n) is 8.53. The minimum absolute atomic E-state index is 0.329. The quantitative estimate of drug-likeness (QED) is 0.511. The Balaban J connectivity index is 1.42. The zero-order valence-corrected chi connectivity index (χ0v) is 19.3. The summed E-state index contributed by atoms with van der Waals surface area (Å²) in [4.78, 5) is 7.65. The maximum absolute atomic E-state index is 11.6. The van der Waals surface area contributed by atoms with Gasteiger partial charge in [0.05, 0.1) is 10.6 Å². The molecule has 31 heavy (non-hydrogen) atoms. The molecule has 1 unspecified atom stereocenters. The smallest absolute Gasteiger partial charge is 0.226 e. The summed E-state index contributed by atoms with van der Waals surface area (Å²) in [6.07, 6.45) is 5.87. The fourth-order valence-electron chi connectivity index (χ4n) is 4.26. The van der Waals surface area contributed by atoms with E-state index in [9.17, 15) is 8.42 Å². The lowest BCUT2D eigenvalue weighted by atomic mass is 10.0. The van der Waals surface area contributed by atoms with E-state index in [4.69, 9.17) is 9.40 Å². The van der Waals surface area contributed by atoms with Gasteiger partial charge in [-0.1, -0.05) is 24.3 Å². The second-order valence-corrected chi connectivity index (χ2v) is 10.5. The van der Waals surface area contributed by atoms with Crippen LogP contribution in [0.3, 0.4) is 0 Å². The van der Waals surface area contributed by atoms with E-state index in [1.54, 1.807) is 12.1 Å². The summed E-state index contributed by atoms with van der Waals surface area (Å²) in [7, 11) is -3.18. The number of hydrogen-bond acceptors (Lipinski definition) is 5. The van der Waals surface area contributed by atoms with E-state index < -0.39 is 9.84 Å². The monoisotopic (exact) mass is 438 g/mol. The SMILES string of the molecule is Cc1oc(-c2ccc(-c3ccc(S(C)(=O)=O)cc3)cc2)nc1CCCN1CCCC1C. The second kappa shape index (κ2) is 8.97. The first-order valence-corrected chi connectivity index (χ1v) is 12.8. The van der Waals surface area contributed by atoms with Gasteiger partial charge in [-0.05, 0) is 88.0 Å². The van der Waals surface area contributed by atoms with Crippen LogP contribution in [0.4, 0.5) is 0 Å². The summed E-state index contributed by atoms with van der Waals surface area (Å²) in [5.74, 6) is 1.55. The molecule has 6 heteroatoms. The Labute approximate surface area is 185 Å². The van der Waals surface area contributed by atoms with Crippen molar-refractivity contribution in [2.45, 2.75) is 50.5 Å². The van der Waals surface area contributed by atoms with E-state index in [0.717, 1.165) is 47.5 Å². The molecule has 3 aromatic rings. The number of sulfone groups is 1. The van der Waals surface area contributed by atoms with E-state index in [1.165, 1.54) is 25.6 Å². The number of rotatable bonds is 7. The first-order chi connectivity index (χ1) is 14.8. The Morgan fingerprint density at radius 2 is 1.65 bits per heavy atom. The molecule has 0 amide bonds. The molecule has 2 aromatic carbocycles. The molecule has 5 nitrogen and oxygen atoms in total. The van der Waals surface area contributed by atoms with Gasteiger partial charge in [-0.3, -0.25) is 0 Å². The van der Waals surface area contributed by atoms with Crippen molar-refractivity contribution in [3.05, 3.63) is 60.0 Å². The molecule has 1 fully saturated rings. The van der Waals surface area contributed by atoms with Gasteiger partial charge in [0.25, 0.3) is 0 Å². The van der Waals surface area contributed by atoms with Crippen LogP contribution in [0.25, 0.3) is 22.6 Å². The van der Waals surface area contributed by atoms with Crippen molar-refractivity contribution in [3.8, 4) is 22.6 Å². The van der Waals surface area contributed by atoms with Gasteiger partial charge < -0.3 is 9.32 Å². The normalized spacial score (nSPS) is 17.3. The molecule has 0 N–H and O–H groups in total. The number of oxazole rings is 1. The van der Waals surface area contributed by atoms with Crippen LogP contribution < -0.4 is 0 Å². The van der Waals surface area contributed by atoms with E-state index in [0.29, 0.717) is 16.8 Å². The minimum Gasteiger partial charge on any atom is -0.441 e. The van der Waals surface area contributed by atoms with Crippen molar-refractivity contribution in [2.75, 3.05) is 19.3 Å². The number of likely N-dealkylation sites (tertiary alicyclic amines) is 1. The van der Waals surface area contributed by atoms with Gasteiger partial charge in [-0.2, -0.15) is 0 Å². The average Bonchev–Trinajstić information content (AvgIpc) is 3.33. The van der Waals surface area contributed by atoms with Crippen LogP contribution in [0.5, 0.6) is 0 Å². The summed E-state index contributed by atoms with van der Waals surface area (Å²) < 4.78 is 29.2. The molecule has 4 rings (SSSR count). The highest BCUT2D eigenvalue weighted by Crippen LogP contribution is 2.27. The number of aryl methyl sites for hydroxylation is 2. The molecule has 0 spiro atoms. The van der Waals surface area contributed by atoms with Crippen molar-refractivity contribution < 1.29 is 12.8 Å². The molecule has 0 saturated carbocycles. The van der Waals surface area contributed by atoms with Crippen LogP contribution >= 0.6 is 0 Å². The standard InChI is InChI=1S/C25H30N2O3S/c1-18-6-4-16-27(18)17-5-7-24-19(2)30-25(26-24)22-10-8-20(9-11-22)21-12-14-23(15-13-21)31(3,28)29/h8-15,18H,4-7,16-17H2,1-3H3. The van der Waals surface area contributed by atoms with Crippen molar-refractivity contribution in [1.82, 2.24) is 9.88 Å². The Morgan fingerprint density at radius 3 is 2.23 bits per heavy atom. The topological polar surface area (TPSA) is 63.4 Å². The molecule has 2 heterocycles. The first-order valence-electron chi connectivity index (χ1n) is 10.9. The molecular weight excluding hydrogens is 408 g/mol. The van der Waals surface area contributed by atoms with E-state index >= 15 is 0 Å². The fraction of sp³-hybridized carbons (Fsp3) is 0.400. The number of aromatic nitrogens is 1. The van der Waals surface area contributed by atoms with E-state index in [2.05, 4.69) is 11.8 Å². The number of hydrogen-bond donors (Lipinski definition) is 0. The molecule has 0 radical (unpaired) electrons. The zero-order valence-electron chi connectivity index (χ0n) is 18.5. The first kappa shape index (κ1) is 21.8. The lowest BCUT2D eigenvalue weighted by Gasteiger charge is -2.20. The van der Waals surface area contributed by atoms with Gasteiger partial charge in [0, 0.05) is 17.9 Å². The van der Waals surface area contributed by atoms with Gasteiger partial charge in [-0.15, -0.1) is 0 Å². The average molecular weight is 439 g/mol. The predicted octanol–water partition coefficient (Wildman–Crippen LogP) is 5.14. The van der Waals surface area contributed by atoms with Crippen molar-refractivity contribution in [2.24, 2.45) is 0 Å². The summed E-state index contributed by atoms with van der Waals surface area (Å²) in [6, 6.07) is 15.7. The molecule has 164 valence electrons. The number of benzene rings is 2. The lowest BCUT2D eigenvalue weighted by molar-refractivity contribution is 0.265. The van der Waals surface area contributed by atoms with Gasteiger partial charge in [-0.25, -0.2) is 13.4 Å². The Bertz CT molecular complexity index is 1130. The summed E-state index contributed by atoms with van der Waals surface area (Å²) in [5, 5.41) is 0. The zero-order chi connectivity index (χ0) is 22.0. The van der Waals surface area contributed by atoms with Crippen molar-refractivity contribution >= 4 is 9.84 Å². The number of nitrogens with zero attached hydrogens (tertiary/aromatic N) is 2. The highest BCUT2D eigenvalue weighted by atomic mass is 32.2.